The Balaban J connectivity index is 0.000000145. The summed E-state index contributed by atoms with van der Waals surface area (Å²) < 4.78 is 8.05. The first kappa shape index (κ1) is 84.6. The molecule has 0 aliphatic heterocycles. The number of thiophene rings is 3. The quantitative estimate of drug-likeness (QED) is 0.106. The van der Waals surface area contributed by atoms with Crippen LogP contribution in [0.3, 0.4) is 0 Å². The van der Waals surface area contributed by atoms with E-state index in [2.05, 4.69) is 237 Å². The second-order valence-electron chi connectivity index (χ2n) is 29.6. The van der Waals surface area contributed by atoms with E-state index in [1.54, 1.807) is 23.8 Å². The molecule has 0 atom stereocenters. The standard InChI is InChI=1S/3C21H20NSSi.3C11H8N.3Ir/c1-14-11-12-22-18(13-14)17-9-5-7-15-16-8-6-10-19(24(2,3)4)21(16)23-20(15)17;1-14-10-11-22-19(12-14)18-7-5-6-17-16-9-8-15(24(2,3)4)13-20(16)23-21(17)18;1-14-10-11-22-19(12-14)17-7-5-6-16-18-13-15(24(2,3)4)8-9-20(18)23-21(16)17;3*1-2-6-10(7-3-1)11-8-4-5-9-12-11;;;/h5-8,10-13H,1-4H3;2*5-6,8-13H,1-4H3;3*1-6,8-9H;;;/q6*-1;;;. The number of fused-ring (bicyclic) bond motifs is 9. The van der Waals surface area contributed by atoms with Crippen molar-refractivity contribution in [1.82, 2.24) is 29.9 Å². The van der Waals surface area contributed by atoms with Gasteiger partial charge in [0.1, 0.15) is 0 Å². The Morgan fingerprint density at radius 2 is 0.622 bits per heavy atom. The van der Waals surface area contributed by atoms with Gasteiger partial charge in [0.2, 0.25) is 0 Å². The van der Waals surface area contributed by atoms with Crippen LogP contribution in [-0.4, -0.2) is 54.1 Å². The number of rotatable bonds is 9. The van der Waals surface area contributed by atoms with Gasteiger partial charge in [-0.1, -0.05) is 199 Å². The minimum Gasteiger partial charge on any atom is -0.305 e. The Hall–Kier alpha value is -8.86. The van der Waals surface area contributed by atoms with Crippen molar-refractivity contribution < 1.29 is 60.3 Å². The van der Waals surface area contributed by atoms with Gasteiger partial charge in [0.25, 0.3) is 0 Å². The number of aromatic nitrogens is 6. The molecule has 9 aromatic carbocycles. The maximum atomic E-state index is 4.59. The SMILES string of the molecule is Cc1ccnc(-c2[c-]ccc3c2sc2c([Si](C)(C)C)cccc23)c1.Cc1ccnc(-c2[c-]ccc3c2sc2cc([Si](C)(C)C)ccc23)c1.Cc1ccnc(-c2[c-]ccc3c2sc2ccc([Si](C)(C)C)cc23)c1.[Ir].[Ir].[Ir].[c-]1ccccc1-c1ccccn1.[c-]1ccccc1-c1ccccn1.[c-]1ccccc1-c1ccccn1. The molecule has 111 heavy (non-hydrogen) atoms. The van der Waals surface area contributed by atoms with Gasteiger partial charge in [-0.3, -0.25) is 0 Å². The first-order chi connectivity index (χ1) is 52.2. The van der Waals surface area contributed by atoms with Crippen LogP contribution >= 0.6 is 34.0 Å². The van der Waals surface area contributed by atoms with Crippen LogP contribution in [0.2, 0.25) is 58.9 Å². The van der Waals surface area contributed by atoms with E-state index in [-0.39, 0.29) is 60.3 Å². The molecule has 0 bridgehead atoms. The van der Waals surface area contributed by atoms with Crippen LogP contribution in [0.1, 0.15) is 16.7 Å². The van der Waals surface area contributed by atoms with Gasteiger partial charge in [-0.05, 0) is 139 Å². The van der Waals surface area contributed by atoms with Gasteiger partial charge >= 0.3 is 0 Å². The van der Waals surface area contributed by atoms with Crippen LogP contribution < -0.4 is 15.6 Å². The number of nitrogens with zero attached hydrogens (tertiary/aromatic N) is 6. The molecule has 15 heteroatoms. The number of hydrogen-bond donors (Lipinski definition) is 0. The third kappa shape index (κ3) is 21.1. The predicted octanol–water partition coefficient (Wildman–Crippen LogP) is 24.9. The Morgan fingerprint density at radius 3 is 1.01 bits per heavy atom. The van der Waals surface area contributed by atoms with Crippen LogP contribution in [-0.2, 0) is 60.3 Å². The zero-order chi connectivity index (χ0) is 75.4. The van der Waals surface area contributed by atoms with Crippen molar-refractivity contribution in [3.63, 3.8) is 0 Å². The minimum atomic E-state index is -1.38. The summed E-state index contributed by atoms with van der Waals surface area (Å²) in [7, 11) is -3.99. The van der Waals surface area contributed by atoms with Crippen molar-refractivity contribution in [2.75, 3.05) is 0 Å². The fourth-order valence-corrected chi connectivity index (χ4v) is 21.2. The molecule has 9 heterocycles. The second kappa shape index (κ2) is 38.6. The number of benzene rings is 9. The summed E-state index contributed by atoms with van der Waals surface area (Å²) in [5.41, 5.74) is 16.1. The van der Waals surface area contributed by atoms with E-state index in [0.29, 0.717) is 0 Å². The molecule has 0 saturated heterocycles. The maximum Gasteiger partial charge on any atom is 0.0794 e. The van der Waals surface area contributed by atoms with E-state index >= 15 is 0 Å². The third-order valence-electron chi connectivity index (χ3n) is 18.3. The van der Waals surface area contributed by atoms with E-state index in [0.717, 1.165) is 67.5 Å². The van der Waals surface area contributed by atoms with Crippen molar-refractivity contribution in [1.29, 1.82) is 0 Å². The molecule has 3 radical (unpaired) electrons. The van der Waals surface area contributed by atoms with Gasteiger partial charge in [0.05, 0.1) is 24.2 Å². The second-order valence-corrected chi connectivity index (χ2v) is 47.9. The van der Waals surface area contributed by atoms with E-state index in [1.807, 2.05) is 216 Å². The number of hydrogen-bond acceptors (Lipinski definition) is 9. The Labute approximate surface area is 709 Å². The summed E-state index contributed by atoms with van der Waals surface area (Å²) in [4.78, 5) is 26.4. The molecular weight excluding hydrogens is 1990 g/mol. The Morgan fingerprint density at radius 1 is 0.252 bits per heavy atom. The molecule has 0 aliphatic carbocycles. The summed E-state index contributed by atoms with van der Waals surface area (Å²) in [6.45, 7) is 28.0. The van der Waals surface area contributed by atoms with Crippen molar-refractivity contribution >= 4 is 134 Å². The third-order valence-corrected chi connectivity index (χ3v) is 28.3. The summed E-state index contributed by atoms with van der Waals surface area (Å²) >= 11 is 5.63. The average Bonchev–Trinajstić information content (AvgIpc) is 1.62. The monoisotopic (exact) mass is 2080 g/mol. The van der Waals surface area contributed by atoms with Crippen molar-refractivity contribution in [2.45, 2.75) is 79.7 Å². The van der Waals surface area contributed by atoms with Gasteiger partial charge in [-0.15, -0.1) is 179 Å². The fourth-order valence-electron chi connectivity index (χ4n) is 12.6. The van der Waals surface area contributed by atoms with E-state index < -0.39 is 24.2 Å². The first-order valence-corrected chi connectivity index (χ1v) is 49.2. The van der Waals surface area contributed by atoms with Crippen LogP contribution in [0, 0.1) is 57.2 Å². The largest absolute Gasteiger partial charge is 0.305 e. The molecule has 18 rings (SSSR count). The zero-order valence-corrected chi connectivity index (χ0v) is 76.8. The molecule has 0 spiro atoms. The molecule has 0 fully saturated rings. The van der Waals surface area contributed by atoms with E-state index in [1.165, 1.54) is 87.6 Å². The number of aryl methyl sites for hydroxylation is 3. The Bertz CT molecular complexity index is 5690. The van der Waals surface area contributed by atoms with Crippen LogP contribution in [0.4, 0.5) is 0 Å². The molecule has 0 unspecified atom stereocenters. The van der Waals surface area contributed by atoms with Gasteiger partial charge in [-0.2, -0.15) is 34.0 Å². The zero-order valence-electron chi connectivity index (χ0n) is 64.1. The molecule has 561 valence electrons. The molecule has 18 aromatic rings. The fraction of sp³-hybridized carbons (Fsp3) is 0.125. The van der Waals surface area contributed by atoms with Gasteiger partial charge < -0.3 is 29.9 Å². The molecular formula is C96H84Ir3N6S3Si3-6. The maximum absolute atomic E-state index is 4.59. The van der Waals surface area contributed by atoms with Crippen LogP contribution in [0.25, 0.3) is 128 Å². The first-order valence-electron chi connectivity index (χ1n) is 36.3. The van der Waals surface area contributed by atoms with Gasteiger partial charge in [0, 0.05) is 112 Å². The molecule has 0 aliphatic rings. The average molecular weight is 2080 g/mol. The van der Waals surface area contributed by atoms with Crippen LogP contribution in [0.15, 0.2) is 292 Å². The smallest absolute Gasteiger partial charge is 0.0794 e. The molecule has 0 saturated carbocycles. The van der Waals surface area contributed by atoms with Crippen molar-refractivity contribution in [3.8, 4) is 67.5 Å². The minimum absolute atomic E-state index is 0. The van der Waals surface area contributed by atoms with E-state index in [9.17, 15) is 0 Å². The summed E-state index contributed by atoms with van der Waals surface area (Å²) in [5, 5.41) is 12.6. The molecule has 0 N–H and O–H groups in total. The molecule has 0 amide bonds. The van der Waals surface area contributed by atoms with Crippen LogP contribution in [0.5, 0.6) is 0 Å². The van der Waals surface area contributed by atoms with Gasteiger partial charge in [-0.25, -0.2) is 0 Å². The summed E-state index contributed by atoms with van der Waals surface area (Å²) in [6, 6.07) is 107. The molecule has 6 nitrogen and oxygen atoms in total. The van der Waals surface area contributed by atoms with Gasteiger partial charge in [0.15, 0.2) is 0 Å². The summed E-state index contributed by atoms with van der Waals surface area (Å²) in [5.74, 6) is 0. The molecule has 9 aromatic heterocycles. The topological polar surface area (TPSA) is 77.3 Å². The Kier molecular flexibility index (Phi) is 29.4. The predicted molar refractivity (Wildman–Crippen MR) is 473 cm³/mol. The van der Waals surface area contributed by atoms with Crippen molar-refractivity contribution in [3.05, 3.63) is 345 Å². The number of pyridine rings is 6. The van der Waals surface area contributed by atoms with E-state index in [4.69, 9.17) is 0 Å². The normalized spacial score (nSPS) is 11.0. The van der Waals surface area contributed by atoms with Crippen molar-refractivity contribution in [2.24, 2.45) is 0 Å². The summed E-state index contributed by atoms with van der Waals surface area (Å²) in [6.07, 6.45) is 11.0.